The summed E-state index contributed by atoms with van der Waals surface area (Å²) in [6.45, 7) is 8.04. The molecule has 0 fully saturated rings. The fourth-order valence-corrected chi connectivity index (χ4v) is 1.27. The number of aryl methyl sites for hydroxylation is 1. The van der Waals surface area contributed by atoms with Gasteiger partial charge in [-0.2, -0.15) is 0 Å². The lowest BCUT2D eigenvalue weighted by atomic mass is 9.87. The molecule has 15 heavy (non-hydrogen) atoms. The Morgan fingerprint density at radius 2 is 2.13 bits per heavy atom. The Balaban J connectivity index is 3.15. The van der Waals surface area contributed by atoms with Crippen molar-refractivity contribution in [1.29, 1.82) is 0 Å². The van der Waals surface area contributed by atoms with E-state index in [0.717, 1.165) is 12.1 Å². The normalized spacial score (nSPS) is 13.9. The standard InChI is InChI=1S/C11H19N3O/c1-5-7-6-8(15)14-10(13-7)9(12)11(2,3)4/h6,9H,5,12H2,1-4H3,(H,13,14,15). The molecule has 1 aromatic rings. The molecule has 84 valence electrons. The lowest BCUT2D eigenvalue weighted by Crippen LogP contribution is -2.30. The molecule has 1 unspecified atom stereocenters. The van der Waals surface area contributed by atoms with Gasteiger partial charge in [-0.25, -0.2) is 4.98 Å². The first-order valence-corrected chi connectivity index (χ1v) is 5.20. The van der Waals surface area contributed by atoms with Gasteiger partial charge >= 0.3 is 0 Å². The van der Waals surface area contributed by atoms with Gasteiger partial charge in [0.05, 0.1) is 6.04 Å². The van der Waals surface area contributed by atoms with Crippen LogP contribution in [0.3, 0.4) is 0 Å². The molecule has 0 aliphatic heterocycles. The summed E-state index contributed by atoms with van der Waals surface area (Å²) in [7, 11) is 0. The topological polar surface area (TPSA) is 71.8 Å². The molecule has 1 aromatic heterocycles. The molecule has 0 aliphatic rings. The monoisotopic (exact) mass is 209 g/mol. The summed E-state index contributed by atoms with van der Waals surface area (Å²) in [6, 6.07) is 1.26. The number of hydrogen-bond acceptors (Lipinski definition) is 3. The molecular weight excluding hydrogens is 190 g/mol. The molecule has 1 heterocycles. The van der Waals surface area contributed by atoms with Crippen molar-refractivity contribution in [3.63, 3.8) is 0 Å². The van der Waals surface area contributed by atoms with Gasteiger partial charge in [0, 0.05) is 11.8 Å². The largest absolute Gasteiger partial charge is 0.321 e. The number of rotatable bonds is 2. The van der Waals surface area contributed by atoms with Crippen LogP contribution in [0, 0.1) is 5.41 Å². The van der Waals surface area contributed by atoms with Crippen LogP contribution in [0.4, 0.5) is 0 Å². The number of nitrogens with zero attached hydrogens (tertiary/aromatic N) is 1. The van der Waals surface area contributed by atoms with E-state index in [1.165, 1.54) is 6.07 Å². The second-order valence-electron chi connectivity index (χ2n) is 4.82. The number of aromatic nitrogens is 2. The minimum atomic E-state index is -0.253. The molecule has 0 saturated carbocycles. The molecule has 0 saturated heterocycles. The summed E-state index contributed by atoms with van der Waals surface area (Å²) in [5, 5.41) is 0. The van der Waals surface area contributed by atoms with E-state index in [1.54, 1.807) is 0 Å². The average molecular weight is 209 g/mol. The van der Waals surface area contributed by atoms with Crippen LogP contribution in [0.2, 0.25) is 0 Å². The minimum Gasteiger partial charge on any atom is -0.321 e. The third kappa shape index (κ3) is 2.89. The Morgan fingerprint density at radius 1 is 1.53 bits per heavy atom. The number of nitrogens with one attached hydrogen (secondary N) is 1. The summed E-state index contributed by atoms with van der Waals surface area (Å²) in [5.74, 6) is 0.576. The van der Waals surface area contributed by atoms with Gasteiger partial charge in [-0.05, 0) is 11.8 Å². The summed E-state index contributed by atoms with van der Waals surface area (Å²) < 4.78 is 0. The van der Waals surface area contributed by atoms with Gasteiger partial charge in [0.1, 0.15) is 5.82 Å². The van der Waals surface area contributed by atoms with Crippen molar-refractivity contribution in [2.24, 2.45) is 11.1 Å². The summed E-state index contributed by atoms with van der Waals surface area (Å²) in [6.07, 6.45) is 0.744. The van der Waals surface area contributed by atoms with Crippen LogP contribution in [0.1, 0.15) is 45.3 Å². The molecule has 0 amide bonds. The van der Waals surface area contributed by atoms with Crippen LogP contribution in [0.15, 0.2) is 10.9 Å². The van der Waals surface area contributed by atoms with E-state index >= 15 is 0 Å². The molecule has 4 heteroatoms. The number of H-pyrrole nitrogens is 1. The zero-order valence-electron chi connectivity index (χ0n) is 9.79. The Bertz CT molecular complexity index is 390. The molecular formula is C11H19N3O. The van der Waals surface area contributed by atoms with Crippen molar-refractivity contribution in [3.8, 4) is 0 Å². The molecule has 1 atom stereocenters. The molecule has 1 rings (SSSR count). The second kappa shape index (κ2) is 4.14. The molecule has 3 N–H and O–H groups in total. The van der Waals surface area contributed by atoms with E-state index in [2.05, 4.69) is 9.97 Å². The zero-order chi connectivity index (χ0) is 11.6. The molecule has 0 aliphatic carbocycles. The maximum absolute atomic E-state index is 11.4. The van der Waals surface area contributed by atoms with E-state index < -0.39 is 0 Å². The maximum Gasteiger partial charge on any atom is 0.251 e. The first kappa shape index (κ1) is 11.9. The van der Waals surface area contributed by atoms with Crippen molar-refractivity contribution in [2.45, 2.75) is 40.2 Å². The third-order valence-electron chi connectivity index (χ3n) is 2.40. The first-order valence-electron chi connectivity index (χ1n) is 5.20. The Morgan fingerprint density at radius 3 is 2.60 bits per heavy atom. The number of hydrogen-bond donors (Lipinski definition) is 2. The molecule has 0 aromatic carbocycles. The third-order valence-corrected chi connectivity index (χ3v) is 2.40. The molecule has 0 spiro atoms. The predicted octanol–water partition coefficient (Wildman–Crippen LogP) is 1.38. The highest BCUT2D eigenvalue weighted by atomic mass is 16.1. The van der Waals surface area contributed by atoms with Gasteiger partial charge in [0.25, 0.3) is 5.56 Å². The van der Waals surface area contributed by atoms with Gasteiger partial charge in [-0.3, -0.25) is 4.79 Å². The van der Waals surface area contributed by atoms with Crippen molar-refractivity contribution >= 4 is 0 Å². The lowest BCUT2D eigenvalue weighted by Gasteiger charge is -2.26. The number of aromatic amines is 1. The van der Waals surface area contributed by atoms with Gasteiger partial charge < -0.3 is 10.7 Å². The smallest absolute Gasteiger partial charge is 0.251 e. The van der Waals surface area contributed by atoms with Gasteiger partial charge in [-0.15, -0.1) is 0 Å². The van der Waals surface area contributed by atoms with Crippen LogP contribution in [0.5, 0.6) is 0 Å². The highest BCUT2D eigenvalue weighted by Crippen LogP contribution is 2.27. The van der Waals surface area contributed by atoms with Gasteiger partial charge in [-0.1, -0.05) is 27.7 Å². The minimum absolute atomic E-state index is 0.109. The highest BCUT2D eigenvalue weighted by molar-refractivity contribution is 5.06. The molecule has 0 bridgehead atoms. The highest BCUT2D eigenvalue weighted by Gasteiger charge is 2.24. The zero-order valence-corrected chi connectivity index (χ0v) is 9.79. The first-order chi connectivity index (χ1) is 6.84. The number of nitrogens with two attached hydrogens (primary N) is 1. The van der Waals surface area contributed by atoms with Crippen LogP contribution in [0.25, 0.3) is 0 Å². The van der Waals surface area contributed by atoms with Crippen molar-refractivity contribution in [1.82, 2.24) is 9.97 Å². The van der Waals surface area contributed by atoms with E-state index in [4.69, 9.17) is 5.73 Å². The van der Waals surface area contributed by atoms with Crippen molar-refractivity contribution < 1.29 is 0 Å². The molecule has 0 radical (unpaired) electrons. The summed E-state index contributed by atoms with van der Waals surface area (Å²) >= 11 is 0. The maximum atomic E-state index is 11.4. The second-order valence-corrected chi connectivity index (χ2v) is 4.82. The Kier molecular flexibility index (Phi) is 3.29. The summed E-state index contributed by atoms with van der Waals surface area (Å²) in [4.78, 5) is 18.4. The predicted molar refractivity (Wildman–Crippen MR) is 60.6 cm³/mol. The quantitative estimate of drug-likeness (QED) is 0.773. The summed E-state index contributed by atoms with van der Waals surface area (Å²) in [5.41, 5.74) is 6.58. The van der Waals surface area contributed by atoms with E-state index in [0.29, 0.717) is 5.82 Å². The Hall–Kier alpha value is -1.16. The van der Waals surface area contributed by atoms with Crippen molar-refractivity contribution in [3.05, 3.63) is 27.9 Å². The van der Waals surface area contributed by atoms with Crippen LogP contribution in [-0.4, -0.2) is 9.97 Å². The molecule has 4 nitrogen and oxygen atoms in total. The fourth-order valence-electron chi connectivity index (χ4n) is 1.27. The van der Waals surface area contributed by atoms with Crippen LogP contribution in [-0.2, 0) is 6.42 Å². The fraction of sp³-hybridized carbons (Fsp3) is 0.636. The Labute approximate surface area is 89.9 Å². The van der Waals surface area contributed by atoms with Crippen molar-refractivity contribution in [2.75, 3.05) is 0 Å². The van der Waals surface area contributed by atoms with E-state index in [-0.39, 0.29) is 17.0 Å². The van der Waals surface area contributed by atoms with E-state index in [9.17, 15) is 4.79 Å². The SMILES string of the molecule is CCc1cc(=O)[nH]c(C(N)C(C)(C)C)n1. The van der Waals surface area contributed by atoms with E-state index in [1.807, 2.05) is 27.7 Å². The van der Waals surface area contributed by atoms with Crippen LogP contribution >= 0.6 is 0 Å². The average Bonchev–Trinajstić information content (AvgIpc) is 2.14. The van der Waals surface area contributed by atoms with Crippen LogP contribution < -0.4 is 11.3 Å². The van der Waals surface area contributed by atoms with Gasteiger partial charge in [0.2, 0.25) is 0 Å². The van der Waals surface area contributed by atoms with Gasteiger partial charge in [0.15, 0.2) is 0 Å². The lowest BCUT2D eigenvalue weighted by molar-refractivity contribution is 0.314.